The summed E-state index contributed by atoms with van der Waals surface area (Å²) in [5, 5.41) is 10.6. The van der Waals surface area contributed by atoms with Crippen molar-refractivity contribution in [2.75, 3.05) is 0 Å². The largest absolute Gasteiger partial charge is 0.269 e. The number of nitrogens with one attached hydrogen (secondary N) is 1. The van der Waals surface area contributed by atoms with Crippen LogP contribution in [0.25, 0.3) is 0 Å². The van der Waals surface area contributed by atoms with Gasteiger partial charge in [-0.2, -0.15) is 0 Å². The van der Waals surface area contributed by atoms with Gasteiger partial charge in [0.15, 0.2) is 0 Å². The van der Waals surface area contributed by atoms with Crippen LogP contribution in [0.5, 0.6) is 0 Å². The Labute approximate surface area is 137 Å². The SMILES string of the molecule is CC(C)(C)C1CCC(NS(=O)(=O)c2ccc([N+](=O)[O-])cc2)CC1. The minimum atomic E-state index is -3.63. The Balaban J connectivity index is 2.01. The Hall–Kier alpha value is -1.47. The van der Waals surface area contributed by atoms with Gasteiger partial charge in [0, 0.05) is 18.2 Å². The number of hydrogen-bond donors (Lipinski definition) is 1. The van der Waals surface area contributed by atoms with E-state index in [9.17, 15) is 18.5 Å². The summed E-state index contributed by atoms with van der Waals surface area (Å²) in [7, 11) is -3.63. The maximum Gasteiger partial charge on any atom is 0.269 e. The fourth-order valence-electron chi connectivity index (χ4n) is 3.11. The van der Waals surface area contributed by atoms with Crippen LogP contribution in [-0.4, -0.2) is 19.4 Å². The van der Waals surface area contributed by atoms with Crippen LogP contribution in [0.1, 0.15) is 46.5 Å². The summed E-state index contributed by atoms with van der Waals surface area (Å²) in [6, 6.07) is 4.92. The number of sulfonamides is 1. The van der Waals surface area contributed by atoms with Gasteiger partial charge in [0.1, 0.15) is 0 Å². The fraction of sp³-hybridized carbons (Fsp3) is 0.625. The van der Waals surface area contributed by atoms with Gasteiger partial charge in [-0.3, -0.25) is 10.1 Å². The fourth-order valence-corrected chi connectivity index (χ4v) is 4.42. The van der Waals surface area contributed by atoms with E-state index >= 15 is 0 Å². The number of nitro benzene ring substituents is 1. The van der Waals surface area contributed by atoms with E-state index in [1.165, 1.54) is 24.3 Å². The zero-order chi connectivity index (χ0) is 17.3. The first kappa shape index (κ1) is 17.9. The van der Waals surface area contributed by atoms with E-state index in [0.717, 1.165) is 25.7 Å². The molecule has 0 unspecified atom stereocenters. The van der Waals surface area contributed by atoms with Gasteiger partial charge in [0.05, 0.1) is 9.82 Å². The van der Waals surface area contributed by atoms with Crippen molar-refractivity contribution in [3.8, 4) is 0 Å². The van der Waals surface area contributed by atoms with E-state index in [1.54, 1.807) is 0 Å². The van der Waals surface area contributed by atoms with E-state index in [1.807, 2.05) is 0 Å². The van der Waals surface area contributed by atoms with E-state index in [4.69, 9.17) is 0 Å². The van der Waals surface area contributed by atoms with Gasteiger partial charge >= 0.3 is 0 Å². The van der Waals surface area contributed by atoms with Gasteiger partial charge in [-0.05, 0) is 49.1 Å². The van der Waals surface area contributed by atoms with Gasteiger partial charge in [0.2, 0.25) is 10.0 Å². The highest BCUT2D eigenvalue weighted by Crippen LogP contribution is 2.38. The normalized spacial score (nSPS) is 22.7. The molecule has 0 atom stereocenters. The van der Waals surface area contributed by atoms with Crippen LogP contribution in [0.2, 0.25) is 0 Å². The molecule has 2 rings (SSSR count). The van der Waals surface area contributed by atoms with E-state index < -0.39 is 14.9 Å². The van der Waals surface area contributed by atoms with Crippen LogP contribution in [0.15, 0.2) is 29.2 Å². The van der Waals surface area contributed by atoms with Crippen LogP contribution >= 0.6 is 0 Å². The Kier molecular flexibility index (Phi) is 5.10. The summed E-state index contributed by atoms with van der Waals surface area (Å²) in [5.41, 5.74) is 0.136. The van der Waals surface area contributed by atoms with Crippen molar-refractivity contribution in [1.29, 1.82) is 0 Å². The first-order chi connectivity index (χ1) is 10.6. The molecule has 1 fully saturated rings. The molecule has 1 N–H and O–H groups in total. The molecule has 1 aromatic rings. The van der Waals surface area contributed by atoms with Gasteiger partial charge < -0.3 is 0 Å². The average Bonchev–Trinajstić information content (AvgIpc) is 2.46. The molecule has 1 aliphatic rings. The minimum absolute atomic E-state index is 0.0613. The number of nitro groups is 1. The molecule has 0 bridgehead atoms. The lowest BCUT2D eigenvalue weighted by atomic mass is 9.71. The van der Waals surface area contributed by atoms with Gasteiger partial charge in [0.25, 0.3) is 5.69 Å². The van der Waals surface area contributed by atoms with Crippen molar-refractivity contribution >= 4 is 15.7 Å². The third-order valence-corrected chi connectivity index (χ3v) is 6.17. The first-order valence-electron chi connectivity index (χ1n) is 7.86. The molecule has 1 aliphatic carbocycles. The van der Waals surface area contributed by atoms with Gasteiger partial charge in [-0.15, -0.1) is 0 Å². The Morgan fingerprint density at radius 2 is 1.61 bits per heavy atom. The third-order valence-electron chi connectivity index (χ3n) is 4.63. The summed E-state index contributed by atoms with van der Waals surface area (Å²) in [6.07, 6.45) is 3.68. The number of non-ortho nitro benzene ring substituents is 1. The smallest absolute Gasteiger partial charge is 0.258 e. The van der Waals surface area contributed by atoms with Crippen molar-refractivity contribution in [3.05, 3.63) is 34.4 Å². The molecule has 128 valence electrons. The summed E-state index contributed by atoms with van der Waals surface area (Å²) in [5.74, 6) is 0.614. The maximum absolute atomic E-state index is 12.4. The van der Waals surface area contributed by atoms with Gasteiger partial charge in [-0.25, -0.2) is 13.1 Å². The molecule has 7 heteroatoms. The second-order valence-electron chi connectivity index (χ2n) is 7.29. The molecule has 0 radical (unpaired) electrons. The molecule has 0 saturated heterocycles. The van der Waals surface area contributed by atoms with E-state index in [-0.39, 0.29) is 22.0 Å². The van der Waals surface area contributed by atoms with Crippen molar-refractivity contribution in [2.45, 2.75) is 57.4 Å². The van der Waals surface area contributed by atoms with Crippen molar-refractivity contribution in [3.63, 3.8) is 0 Å². The summed E-state index contributed by atoms with van der Waals surface area (Å²) in [4.78, 5) is 10.2. The average molecular weight is 340 g/mol. The number of hydrogen-bond acceptors (Lipinski definition) is 4. The second kappa shape index (κ2) is 6.57. The van der Waals surface area contributed by atoms with E-state index in [2.05, 4.69) is 25.5 Å². The van der Waals surface area contributed by atoms with Crippen LogP contribution in [-0.2, 0) is 10.0 Å². The zero-order valence-corrected chi connectivity index (χ0v) is 14.6. The first-order valence-corrected chi connectivity index (χ1v) is 9.35. The molecule has 1 saturated carbocycles. The Morgan fingerprint density at radius 3 is 2.04 bits per heavy atom. The van der Waals surface area contributed by atoms with Crippen LogP contribution in [0.4, 0.5) is 5.69 Å². The van der Waals surface area contributed by atoms with Crippen molar-refractivity contribution in [1.82, 2.24) is 4.72 Å². The summed E-state index contributed by atoms with van der Waals surface area (Å²) in [6.45, 7) is 6.66. The van der Waals surface area contributed by atoms with Crippen molar-refractivity contribution < 1.29 is 13.3 Å². The molecular formula is C16H24N2O4S. The summed E-state index contributed by atoms with van der Waals surface area (Å²) >= 11 is 0. The molecule has 0 spiro atoms. The Morgan fingerprint density at radius 1 is 1.09 bits per heavy atom. The van der Waals surface area contributed by atoms with Crippen LogP contribution in [0, 0.1) is 21.4 Å². The quantitative estimate of drug-likeness (QED) is 0.671. The topological polar surface area (TPSA) is 89.3 Å². The predicted octanol–water partition coefficient (Wildman–Crippen LogP) is 3.48. The highest BCUT2D eigenvalue weighted by atomic mass is 32.2. The molecular weight excluding hydrogens is 316 g/mol. The third kappa shape index (κ3) is 4.51. The summed E-state index contributed by atoms with van der Waals surface area (Å²) < 4.78 is 27.5. The number of nitrogens with zero attached hydrogens (tertiary/aromatic N) is 1. The number of rotatable bonds is 4. The predicted molar refractivity (Wildman–Crippen MR) is 88.6 cm³/mol. The highest BCUT2D eigenvalue weighted by molar-refractivity contribution is 7.89. The molecule has 6 nitrogen and oxygen atoms in total. The zero-order valence-electron chi connectivity index (χ0n) is 13.8. The lowest BCUT2D eigenvalue weighted by molar-refractivity contribution is -0.384. The van der Waals surface area contributed by atoms with Crippen LogP contribution < -0.4 is 4.72 Å². The van der Waals surface area contributed by atoms with E-state index in [0.29, 0.717) is 5.92 Å². The molecule has 0 heterocycles. The lowest BCUT2D eigenvalue weighted by Gasteiger charge is -2.37. The minimum Gasteiger partial charge on any atom is -0.258 e. The monoisotopic (exact) mass is 340 g/mol. The maximum atomic E-state index is 12.4. The molecule has 0 amide bonds. The molecule has 0 aromatic heterocycles. The molecule has 1 aromatic carbocycles. The van der Waals surface area contributed by atoms with Gasteiger partial charge in [-0.1, -0.05) is 20.8 Å². The van der Waals surface area contributed by atoms with Crippen LogP contribution in [0.3, 0.4) is 0 Å². The highest BCUT2D eigenvalue weighted by Gasteiger charge is 2.31. The molecule has 23 heavy (non-hydrogen) atoms. The number of benzene rings is 1. The van der Waals surface area contributed by atoms with Crippen molar-refractivity contribution in [2.24, 2.45) is 11.3 Å². The standard InChI is InChI=1S/C16H24N2O4S/c1-16(2,3)12-4-6-13(7-5-12)17-23(21,22)15-10-8-14(9-11-15)18(19)20/h8-13,17H,4-7H2,1-3H3. The molecule has 0 aliphatic heterocycles. The second-order valence-corrected chi connectivity index (χ2v) is 9.00. The lowest BCUT2D eigenvalue weighted by Crippen LogP contribution is -2.39. The Bertz CT molecular complexity index is 654.